The van der Waals surface area contributed by atoms with E-state index in [9.17, 15) is 14.4 Å². The summed E-state index contributed by atoms with van der Waals surface area (Å²) in [4.78, 5) is 42.5. The summed E-state index contributed by atoms with van der Waals surface area (Å²) in [6, 6.07) is 22.4. The fourth-order valence-electron chi connectivity index (χ4n) is 5.31. The zero-order valence-electron chi connectivity index (χ0n) is 17.3. The third-order valence-corrected chi connectivity index (χ3v) is 7.18. The molecule has 2 saturated heterocycles. The molecule has 2 amide bonds. The van der Waals surface area contributed by atoms with Gasteiger partial charge in [-0.2, -0.15) is 5.10 Å². The van der Waals surface area contributed by atoms with E-state index in [0.717, 1.165) is 15.6 Å². The lowest BCUT2D eigenvalue weighted by atomic mass is 9.83. The van der Waals surface area contributed by atoms with E-state index in [-0.39, 0.29) is 17.6 Å². The first-order valence-corrected chi connectivity index (χ1v) is 11.5. The monoisotopic (exact) mass is 499 g/mol. The number of carbonyl (C=O) groups is 3. The van der Waals surface area contributed by atoms with Gasteiger partial charge in [0.15, 0.2) is 5.78 Å². The van der Waals surface area contributed by atoms with Crippen LogP contribution in [0.4, 0.5) is 5.69 Å². The van der Waals surface area contributed by atoms with Gasteiger partial charge in [-0.05, 0) is 29.3 Å². The number of imide groups is 1. The molecule has 162 valence electrons. The Labute approximate surface area is 198 Å². The van der Waals surface area contributed by atoms with Gasteiger partial charge in [-0.15, -0.1) is 0 Å². The van der Waals surface area contributed by atoms with Crippen molar-refractivity contribution in [3.05, 3.63) is 100 Å². The highest BCUT2D eigenvalue weighted by Crippen LogP contribution is 2.53. The molecule has 0 saturated carbocycles. The van der Waals surface area contributed by atoms with Gasteiger partial charge in [-0.3, -0.25) is 19.4 Å². The summed E-state index contributed by atoms with van der Waals surface area (Å²) >= 11 is 3.42. The van der Waals surface area contributed by atoms with Crippen LogP contribution in [0.15, 0.2) is 88.4 Å². The summed E-state index contributed by atoms with van der Waals surface area (Å²) in [7, 11) is 0. The van der Waals surface area contributed by atoms with Gasteiger partial charge in [0, 0.05) is 10.0 Å². The second-order valence-corrected chi connectivity index (χ2v) is 9.33. The predicted octanol–water partition coefficient (Wildman–Crippen LogP) is 4.21. The number of amides is 2. The van der Waals surface area contributed by atoms with E-state index < -0.39 is 23.9 Å². The van der Waals surface area contributed by atoms with Gasteiger partial charge in [0.25, 0.3) is 0 Å². The molecule has 6 nitrogen and oxygen atoms in total. The molecule has 2 fully saturated rings. The average Bonchev–Trinajstić information content (AvgIpc) is 3.32. The molecule has 0 spiro atoms. The SMILES string of the molecule is O=C(c1ccccc1)[C@H]1[C@H]2C(=O)N(c3cccc(Br)c3)C(=O)[C@H]2[C@H]2c3ccccc3C=NN21. The van der Waals surface area contributed by atoms with Crippen molar-refractivity contribution >= 4 is 45.4 Å². The van der Waals surface area contributed by atoms with Crippen molar-refractivity contribution in [2.45, 2.75) is 12.1 Å². The number of nitrogens with zero attached hydrogens (tertiary/aromatic N) is 3. The van der Waals surface area contributed by atoms with Crippen LogP contribution < -0.4 is 4.90 Å². The maximum atomic E-state index is 13.8. The lowest BCUT2D eigenvalue weighted by molar-refractivity contribution is -0.124. The van der Waals surface area contributed by atoms with E-state index in [0.29, 0.717) is 11.3 Å². The van der Waals surface area contributed by atoms with Crippen LogP contribution in [0, 0.1) is 11.8 Å². The van der Waals surface area contributed by atoms with Crippen LogP contribution in [0.25, 0.3) is 0 Å². The van der Waals surface area contributed by atoms with Crippen LogP contribution in [-0.2, 0) is 9.59 Å². The molecule has 0 bridgehead atoms. The average molecular weight is 500 g/mol. The van der Waals surface area contributed by atoms with Crippen LogP contribution in [0.5, 0.6) is 0 Å². The van der Waals surface area contributed by atoms with Gasteiger partial charge in [-0.25, -0.2) is 4.90 Å². The first-order valence-electron chi connectivity index (χ1n) is 10.7. The first-order chi connectivity index (χ1) is 16.1. The van der Waals surface area contributed by atoms with E-state index in [1.165, 1.54) is 4.90 Å². The number of hydrazone groups is 1. The molecule has 7 heteroatoms. The number of hydrogen-bond acceptors (Lipinski definition) is 5. The van der Waals surface area contributed by atoms with Gasteiger partial charge in [0.1, 0.15) is 6.04 Å². The molecular formula is C26H18BrN3O3. The number of halogens is 1. The van der Waals surface area contributed by atoms with Gasteiger partial charge < -0.3 is 0 Å². The van der Waals surface area contributed by atoms with Crippen molar-refractivity contribution in [3.8, 4) is 0 Å². The molecular weight excluding hydrogens is 482 g/mol. The normalized spacial score (nSPS) is 25.1. The number of Topliss-reactive ketones (excluding diaryl/α,β-unsaturated/α-hetero) is 1. The highest BCUT2D eigenvalue weighted by atomic mass is 79.9. The molecule has 3 aliphatic rings. The maximum absolute atomic E-state index is 13.8. The van der Waals surface area contributed by atoms with Crippen molar-refractivity contribution in [3.63, 3.8) is 0 Å². The van der Waals surface area contributed by atoms with Crippen molar-refractivity contribution in [1.82, 2.24) is 5.01 Å². The zero-order valence-corrected chi connectivity index (χ0v) is 18.9. The molecule has 3 aliphatic heterocycles. The molecule has 3 aromatic rings. The van der Waals surface area contributed by atoms with Crippen LogP contribution in [0.1, 0.15) is 27.5 Å². The first kappa shape index (κ1) is 20.1. The number of benzene rings is 3. The number of carbonyl (C=O) groups excluding carboxylic acids is 3. The topological polar surface area (TPSA) is 70.0 Å². The Kier molecular flexibility index (Phi) is 4.55. The van der Waals surface area contributed by atoms with E-state index >= 15 is 0 Å². The molecule has 0 aliphatic carbocycles. The Morgan fingerprint density at radius 3 is 2.36 bits per heavy atom. The summed E-state index contributed by atoms with van der Waals surface area (Å²) in [6.07, 6.45) is 1.71. The van der Waals surface area contributed by atoms with Crippen molar-refractivity contribution < 1.29 is 14.4 Å². The minimum Gasteiger partial charge on any atom is -0.292 e. The molecule has 3 aromatic carbocycles. The summed E-state index contributed by atoms with van der Waals surface area (Å²) < 4.78 is 0.767. The molecule has 6 rings (SSSR count). The van der Waals surface area contributed by atoms with Crippen LogP contribution in [0.3, 0.4) is 0 Å². The molecule has 3 heterocycles. The quantitative estimate of drug-likeness (QED) is 0.399. The Morgan fingerprint density at radius 1 is 0.848 bits per heavy atom. The predicted molar refractivity (Wildman–Crippen MR) is 127 cm³/mol. The van der Waals surface area contributed by atoms with Crippen molar-refractivity contribution in [1.29, 1.82) is 0 Å². The van der Waals surface area contributed by atoms with Crippen molar-refractivity contribution in [2.75, 3.05) is 4.90 Å². The minimum atomic E-state index is -0.861. The molecule has 0 radical (unpaired) electrons. The molecule has 4 atom stereocenters. The van der Waals surface area contributed by atoms with Crippen LogP contribution in [0.2, 0.25) is 0 Å². The Hall–Kier alpha value is -3.58. The lowest BCUT2D eigenvalue weighted by Crippen LogP contribution is -2.44. The summed E-state index contributed by atoms with van der Waals surface area (Å²) in [5, 5.41) is 6.26. The minimum absolute atomic E-state index is 0.207. The summed E-state index contributed by atoms with van der Waals surface area (Å²) in [6.45, 7) is 0. The van der Waals surface area contributed by atoms with E-state index in [2.05, 4.69) is 21.0 Å². The highest BCUT2D eigenvalue weighted by molar-refractivity contribution is 9.10. The van der Waals surface area contributed by atoms with E-state index in [4.69, 9.17) is 0 Å². The second-order valence-electron chi connectivity index (χ2n) is 8.42. The lowest BCUT2D eigenvalue weighted by Gasteiger charge is -2.33. The van der Waals surface area contributed by atoms with Gasteiger partial charge >= 0.3 is 0 Å². The summed E-state index contributed by atoms with van der Waals surface area (Å²) in [5.74, 6) is -2.39. The smallest absolute Gasteiger partial charge is 0.240 e. The molecule has 33 heavy (non-hydrogen) atoms. The molecule has 0 N–H and O–H groups in total. The Morgan fingerprint density at radius 2 is 1.58 bits per heavy atom. The Bertz CT molecular complexity index is 1340. The Balaban J connectivity index is 1.51. The number of anilines is 1. The van der Waals surface area contributed by atoms with E-state index in [1.54, 1.807) is 53.7 Å². The standard InChI is InChI=1S/C26H18BrN3O3/c27-17-10-6-11-18(13-17)29-25(32)20-21(26(29)33)23(24(31)15-7-2-1-3-8-15)30-22(20)19-12-5-4-9-16(19)14-28-30/h1-14,20-23H/t20-,21+,22-,23-/m1/s1. The largest absolute Gasteiger partial charge is 0.292 e. The van der Waals surface area contributed by atoms with Gasteiger partial charge in [-0.1, -0.05) is 76.6 Å². The third kappa shape index (κ3) is 2.92. The number of hydrogen-bond donors (Lipinski definition) is 0. The second kappa shape index (κ2) is 7.49. The van der Waals surface area contributed by atoms with E-state index in [1.807, 2.05) is 36.4 Å². The number of rotatable bonds is 3. The molecule has 0 unspecified atom stereocenters. The van der Waals surface area contributed by atoms with Crippen LogP contribution >= 0.6 is 15.9 Å². The van der Waals surface area contributed by atoms with Gasteiger partial charge in [0.05, 0.1) is 29.8 Å². The summed E-state index contributed by atoms with van der Waals surface area (Å²) in [5.41, 5.74) is 2.80. The molecule has 0 aromatic heterocycles. The maximum Gasteiger partial charge on any atom is 0.240 e. The third-order valence-electron chi connectivity index (χ3n) is 6.69. The van der Waals surface area contributed by atoms with Gasteiger partial charge in [0.2, 0.25) is 11.8 Å². The highest BCUT2D eigenvalue weighted by Gasteiger charge is 2.65. The number of fused-ring (bicyclic) bond motifs is 5. The zero-order chi connectivity index (χ0) is 22.7. The fourth-order valence-corrected chi connectivity index (χ4v) is 5.70. The fraction of sp³-hybridized carbons (Fsp3) is 0.154. The van der Waals surface area contributed by atoms with Crippen molar-refractivity contribution in [2.24, 2.45) is 16.9 Å². The van der Waals surface area contributed by atoms with Crippen LogP contribution in [-0.4, -0.2) is 34.9 Å². The number of ketones is 1.